The lowest BCUT2D eigenvalue weighted by atomic mass is 9.82. The van der Waals surface area contributed by atoms with Crippen LogP contribution in [0.2, 0.25) is 18.6 Å². The van der Waals surface area contributed by atoms with Crippen LogP contribution in [0.3, 0.4) is 0 Å². The van der Waals surface area contributed by atoms with E-state index in [1.54, 1.807) is 12.0 Å². The number of nitrogens with zero attached hydrogens (tertiary/aromatic N) is 2. The standard InChI is InChI=1S/C29H38N2O6Si/c1-19-27(38(3,4)35)25(14-16-32)37-29(19)23-17-22(36-2)12-13-24(23)31(28(29)34)18-20-8-10-21(11-9-20)30-15-6-5-7-26(30)33/h8-13,17,19,25,27,32,35H,5-7,14-16,18H2,1-4H3/t19-,25+,27-,29+/m0/s1. The first kappa shape index (κ1) is 26.9. The fraction of sp³-hybridized carbons (Fsp3) is 0.517. The number of carbonyl (C=O) groups is 2. The van der Waals surface area contributed by atoms with Gasteiger partial charge in [-0.25, -0.2) is 0 Å². The monoisotopic (exact) mass is 538 g/mol. The summed E-state index contributed by atoms with van der Waals surface area (Å²) in [7, 11) is -1.15. The van der Waals surface area contributed by atoms with Crippen molar-refractivity contribution in [2.75, 3.05) is 30.1 Å². The number of anilines is 2. The molecule has 2 saturated heterocycles. The molecule has 0 aromatic heterocycles. The average Bonchev–Trinajstić information content (AvgIpc) is 3.31. The molecule has 2 amide bonds. The van der Waals surface area contributed by atoms with Gasteiger partial charge >= 0.3 is 0 Å². The third-order valence-corrected chi connectivity index (χ3v) is 11.0. The zero-order valence-electron chi connectivity index (χ0n) is 22.6. The van der Waals surface area contributed by atoms with E-state index in [1.165, 1.54) is 0 Å². The molecular formula is C29H38N2O6Si. The molecule has 0 radical (unpaired) electrons. The topological polar surface area (TPSA) is 99.5 Å². The molecule has 1 spiro atoms. The van der Waals surface area contributed by atoms with Gasteiger partial charge in [0.1, 0.15) is 5.75 Å². The van der Waals surface area contributed by atoms with Crippen molar-refractivity contribution in [1.29, 1.82) is 0 Å². The number of amides is 2. The van der Waals surface area contributed by atoms with Crippen molar-refractivity contribution < 1.29 is 29.0 Å². The summed E-state index contributed by atoms with van der Waals surface area (Å²) < 4.78 is 12.2. The molecule has 0 saturated carbocycles. The number of fused-ring (bicyclic) bond motifs is 2. The molecule has 0 bridgehead atoms. The van der Waals surface area contributed by atoms with E-state index >= 15 is 0 Å². The van der Waals surface area contributed by atoms with Gasteiger partial charge in [-0.05, 0) is 68.3 Å². The first-order valence-electron chi connectivity index (χ1n) is 13.5. The third kappa shape index (κ3) is 4.35. The summed E-state index contributed by atoms with van der Waals surface area (Å²) in [6, 6.07) is 13.5. The highest BCUT2D eigenvalue weighted by molar-refractivity contribution is 6.71. The first-order valence-corrected chi connectivity index (χ1v) is 16.5. The third-order valence-electron chi connectivity index (χ3n) is 8.52. The smallest absolute Gasteiger partial charge is 0.264 e. The van der Waals surface area contributed by atoms with Gasteiger partial charge in [0.2, 0.25) is 5.91 Å². The van der Waals surface area contributed by atoms with E-state index in [4.69, 9.17) is 9.47 Å². The summed E-state index contributed by atoms with van der Waals surface area (Å²) in [6.45, 7) is 6.74. The minimum Gasteiger partial charge on any atom is -0.497 e. The number of piperidine rings is 1. The molecule has 38 heavy (non-hydrogen) atoms. The molecular weight excluding hydrogens is 500 g/mol. The second kappa shape index (κ2) is 10.1. The number of carbonyl (C=O) groups excluding carboxylic acids is 2. The van der Waals surface area contributed by atoms with E-state index in [0.717, 1.165) is 41.9 Å². The van der Waals surface area contributed by atoms with Gasteiger partial charge in [0, 0.05) is 42.3 Å². The number of hydrogen-bond donors (Lipinski definition) is 2. The summed E-state index contributed by atoms with van der Waals surface area (Å²) in [4.78, 5) is 41.5. The quantitative estimate of drug-likeness (QED) is 0.518. The van der Waals surface area contributed by atoms with Crippen LogP contribution in [-0.4, -0.2) is 56.4 Å². The Morgan fingerprint density at radius 1 is 1.13 bits per heavy atom. The van der Waals surface area contributed by atoms with Crippen molar-refractivity contribution in [2.45, 2.75) is 69.5 Å². The maximum absolute atomic E-state index is 14.4. The van der Waals surface area contributed by atoms with E-state index in [1.807, 2.05) is 67.4 Å². The average molecular weight is 539 g/mol. The molecule has 8 nitrogen and oxygen atoms in total. The Labute approximate surface area is 225 Å². The Morgan fingerprint density at radius 2 is 1.87 bits per heavy atom. The van der Waals surface area contributed by atoms with Crippen molar-refractivity contribution in [1.82, 2.24) is 0 Å². The van der Waals surface area contributed by atoms with Crippen LogP contribution in [0.1, 0.15) is 43.7 Å². The Kier molecular flexibility index (Phi) is 7.15. The van der Waals surface area contributed by atoms with Crippen molar-refractivity contribution in [2.24, 2.45) is 5.92 Å². The van der Waals surface area contributed by atoms with Crippen LogP contribution < -0.4 is 14.5 Å². The van der Waals surface area contributed by atoms with E-state index in [0.29, 0.717) is 25.1 Å². The Hall–Kier alpha value is -2.72. The van der Waals surface area contributed by atoms with Gasteiger partial charge in [0.05, 0.1) is 25.4 Å². The lowest BCUT2D eigenvalue weighted by molar-refractivity contribution is -0.146. The lowest BCUT2D eigenvalue weighted by Gasteiger charge is -2.32. The highest BCUT2D eigenvalue weighted by Gasteiger charge is 2.66. The Balaban J connectivity index is 1.50. The van der Waals surface area contributed by atoms with E-state index in [9.17, 15) is 19.5 Å². The fourth-order valence-corrected chi connectivity index (χ4v) is 9.38. The van der Waals surface area contributed by atoms with Crippen molar-refractivity contribution in [3.8, 4) is 5.75 Å². The van der Waals surface area contributed by atoms with Crippen LogP contribution >= 0.6 is 0 Å². The Bertz CT molecular complexity index is 1210. The van der Waals surface area contributed by atoms with Crippen LogP contribution in [0.25, 0.3) is 0 Å². The van der Waals surface area contributed by atoms with Gasteiger partial charge < -0.3 is 29.2 Å². The summed E-state index contributed by atoms with van der Waals surface area (Å²) in [5.41, 5.74) is 1.84. The van der Waals surface area contributed by atoms with E-state index < -0.39 is 20.0 Å². The molecule has 2 N–H and O–H groups in total. The second-order valence-corrected chi connectivity index (χ2v) is 15.3. The van der Waals surface area contributed by atoms with Crippen molar-refractivity contribution >= 4 is 31.5 Å². The molecule has 4 atom stereocenters. The number of hydrogen-bond acceptors (Lipinski definition) is 6. The van der Waals surface area contributed by atoms with Gasteiger partial charge in [-0.15, -0.1) is 0 Å². The number of rotatable bonds is 7. The van der Waals surface area contributed by atoms with Crippen molar-refractivity contribution in [3.05, 3.63) is 53.6 Å². The van der Waals surface area contributed by atoms with Gasteiger partial charge in [0.15, 0.2) is 13.9 Å². The minimum absolute atomic E-state index is 0.0802. The van der Waals surface area contributed by atoms with Crippen molar-refractivity contribution in [3.63, 3.8) is 0 Å². The number of benzene rings is 2. The number of aliphatic hydroxyl groups excluding tert-OH is 1. The molecule has 3 aliphatic rings. The molecule has 2 aromatic carbocycles. The second-order valence-electron chi connectivity index (χ2n) is 11.3. The molecule has 204 valence electrons. The summed E-state index contributed by atoms with van der Waals surface area (Å²) in [5, 5.41) is 9.76. The van der Waals surface area contributed by atoms with Gasteiger partial charge in [-0.1, -0.05) is 19.1 Å². The van der Waals surface area contributed by atoms with Crippen LogP contribution in [0.15, 0.2) is 42.5 Å². The number of ether oxygens (including phenoxy) is 2. The predicted octanol–water partition coefficient (Wildman–Crippen LogP) is 3.94. The highest BCUT2D eigenvalue weighted by Crippen LogP contribution is 2.60. The molecule has 3 aliphatic heterocycles. The van der Waals surface area contributed by atoms with E-state index in [-0.39, 0.29) is 29.9 Å². The molecule has 5 rings (SSSR count). The summed E-state index contributed by atoms with van der Waals surface area (Å²) in [5.74, 6) is 0.332. The lowest BCUT2D eigenvalue weighted by Crippen LogP contribution is -2.46. The summed E-state index contributed by atoms with van der Waals surface area (Å²) in [6.07, 6.45) is 2.45. The maximum Gasteiger partial charge on any atom is 0.264 e. The van der Waals surface area contributed by atoms with Crippen LogP contribution in [0.4, 0.5) is 11.4 Å². The maximum atomic E-state index is 14.4. The van der Waals surface area contributed by atoms with Crippen LogP contribution in [0, 0.1) is 5.92 Å². The normalized spacial score (nSPS) is 27.4. The molecule has 2 aromatic rings. The molecule has 2 fully saturated rings. The zero-order valence-corrected chi connectivity index (χ0v) is 23.6. The fourth-order valence-electron chi connectivity index (χ4n) is 6.78. The first-order chi connectivity index (χ1) is 18.1. The van der Waals surface area contributed by atoms with Gasteiger partial charge in [-0.3, -0.25) is 9.59 Å². The minimum atomic E-state index is -2.75. The van der Waals surface area contributed by atoms with Gasteiger partial charge in [-0.2, -0.15) is 0 Å². The SMILES string of the molecule is COc1ccc2c(c1)[C@@]1(O[C@H](CCO)[C@@H]([Si](C)(C)O)[C@@H]1C)C(=O)N2Cc1ccc(N2CCCCC2=O)cc1. The number of methoxy groups -OCH3 is 1. The van der Waals surface area contributed by atoms with Crippen LogP contribution in [-0.2, 0) is 26.5 Å². The Morgan fingerprint density at radius 3 is 2.50 bits per heavy atom. The number of aliphatic hydroxyl groups is 1. The zero-order chi connectivity index (χ0) is 27.2. The van der Waals surface area contributed by atoms with Gasteiger partial charge in [0.25, 0.3) is 5.91 Å². The summed E-state index contributed by atoms with van der Waals surface area (Å²) >= 11 is 0. The molecule has 9 heteroatoms. The predicted molar refractivity (Wildman–Crippen MR) is 148 cm³/mol. The molecule has 0 unspecified atom stereocenters. The highest BCUT2D eigenvalue weighted by atomic mass is 28.4. The largest absolute Gasteiger partial charge is 0.497 e. The van der Waals surface area contributed by atoms with Crippen LogP contribution in [0.5, 0.6) is 5.75 Å². The molecule has 0 aliphatic carbocycles. The van der Waals surface area contributed by atoms with E-state index in [2.05, 4.69) is 0 Å². The molecule has 3 heterocycles.